The molecule has 8 nitrogen and oxygen atoms in total. The molecule has 1 aliphatic carbocycles. The first-order valence-electron chi connectivity index (χ1n) is 13.8. The summed E-state index contributed by atoms with van der Waals surface area (Å²) < 4.78 is 8.16. The minimum absolute atomic E-state index is 0.0195. The van der Waals surface area contributed by atoms with E-state index in [4.69, 9.17) is 4.74 Å². The number of tetrazole rings is 1. The van der Waals surface area contributed by atoms with Crippen LogP contribution in [0.4, 0.5) is 0 Å². The third-order valence-corrected chi connectivity index (χ3v) is 7.95. The maximum atomic E-state index is 13.3. The van der Waals surface area contributed by atoms with Gasteiger partial charge in [0.25, 0.3) is 5.56 Å². The minimum Gasteiger partial charge on any atom is -0.377 e. The molecule has 2 aliphatic rings. The van der Waals surface area contributed by atoms with E-state index in [0.717, 1.165) is 79.5 Å². The number of ether oxygens (including phenoxy) is 1. The number of nitrogens with one attached hydrogen (secondary N) is 1. The van der Waals surface area contributed by atoms with Crippen molar-refractivity contribution in [1.82, 2.24) is 30.1 Å². The van der Waals surface area contributed by atoms with Crippen LogP contribution in [0.15, 0.2) is 23.0 Å². The predicted molar refractivity (Wildman–Crippen MR) is 141 cm³/mol. The molecular formula is C28H40N6O2. The lowest BCUT2D eigenvalue weighted by atomic mass is 9.95. The number of hydrogen-bond acceptors (Lipinski definition) is 6. The Morgan fingerprint density at radius 3 is 2.72 bits per heavy atom. The van der Waals surface area contributed by atoms with Gasteiger partial charge in [-0.3, -0.25) is 9.69 Å². The van der Waals surface area contributed by atoms with Crippen molar-refractivity contribution in [3.05, 3.63) is 51.1 Å². The number of benzene rings is 1. The van der Waals surface area contributed by atoms with Crippen molar-refractivity contribution in [2.75, 3.05) is 13.2 Å². The number of aromatic nitrogens is 5. The van der Waals surface area contributed by atoms with Crippen LogP contribution in [0.2, 0.25) is 0 Å². The Hall–Kier alpha value is -2.58. The van der Waals surface area contributed by atoms with Crippen LogP contribution >= 0.6 is 0 Å². The molecule has 3 heterocycles. The van der Waals surface area contributed by atoms with Crippen LogP contribution < -0.4 is 5.56 Å². The number of nitrogens with zero attached hydrogens (tertiary/aromatic N) is 5. The van der Waals surface area contributed by atoms with Gasteiger partial charge >= 0.3 is 0 Å². The van der Waals surface area contributed by atoms with Crippen LogP contribution in [0, 0.1) is 13.8 Å². The molecule has 1 aromatic carbocycles. The summed E-state index contributed by atoms with van der Waals surface area (Å²) in [6.45, 7) is 8.49. The van der Waals surface area contributed by atoms with Gasteiger partial charge in [-0.25, -0.2) is 4.68 Å². The van der Waals surface area contributed by atoms with Crippen LogP contribution in [0.25, 0.3) is 10.9 Å². The highest BCUT2D eigenvalue weighted by Crippen LogP contribution is 2.33. The second-order valence-corrected chi connectivity index (χ2v) is 10.8. The molecule has 5 rings (SSSR count). The van der Waals surface area contributed by atoms with E-state index in [9.17, 15) is 4.79 Å². The van der Waals surface area contributed by atoms with Gasteiger partial charge in [0.1, 0.15) is 0 Å². The average molecular weight is 493 g/mol. The van der Waals surface area contributed by atoms with Gasteiger partial charge in [-0.15, -0.1) is 5.10 Å². The maximum Gasteiger partial charge on any atom is 0.252 e. The van der Waals surface area contributed by atoms with Crippen molar-refractivity contribution < 1.29 is 4.74 Å². The average Bonchev–Trinajstić information content (AvgIpc) is 3.56. The first-order valence-corrected chi connectivity index (χ1v) is 13.8. The van der Waals surface area contributed by atoms with Gasteiger partial charge in [0.2, 0.25) is 0 Å². The van der Waals surface area contributed by atoms with E-state index in [0.29, 0.717) is 12.6 Å². The smallest absolute Gasteiger partial charge is 0.252 e. The zero-order valence-corrected chi connectivity index (χ0v) is 22.0. The molecule has 1 N–H and O–H groups in total. The monoisotopic (exact) mass is 492 g/mol. The molecule has 0 radical (unpaired) electrons. The molecule has 3 aromatic rings. The topological polar surface area (TPSA) is 88.9 Å². The third kappa shape index (κ3) is 5.39. The number of H-pyrrole nitrogens is 1. The largest absolute Gasteiger partial charge is 0.377 e. The van der Waals surface area contributed by atoms with Crippen molar-refractivity contribution in [3.63, 3.8) is 0 Å². The van der Waals surface area contributed by atoms with Crippen LogP contribution in [0.1, 0.15) is 99.3 Å². The van der Waals surface area contributed by atoms with Crippen molar-refractivity contribution in [2.45, 2.75) is 103 Å². The Balaban J connectivity index is 1.51. The van der Waals surface area contributed by atoms with Gasteiger partial charge in [0.15, 0.2) is 5.82 Å². The Morgan fingerprint density at radius 1 is 1.14 bits per heavy atom. The molecule has 1 saturated carbocycles. The Morgan fingerprint density at radius 2 is 1.97 bits per heavy atom. The van der Waals surface area contributed by atoms with Crippen LogP contribution in [0.5, 0.6) is 0 Å². The molecular weight excluding hydrogens is 452 g/mol. The number of aromatic amines is 1. The highest BCUT2D eigenvalue weighted by atomic mass is 16.5. The van der Waals surface area contributed by atoms with E-state index in [2.05, 4.69) is 69.1 Å². The second-order valence-electron chi connectivity index (χ2n) is 10.8. The van der Waals surface area contributed by atoms with E-state index in [1.54, 1.807) is 0 Å². The fraction of sp³-hybridized carbons (Fsp3) is 0.643. The molecule has 8 heteroatoms. The summed E-state index contributed by atoms with van der Waals surface area (Å²) in [6.07, 6.45) is 10.3. The second kappa shape index (κ2) is 11.2. The van der Waals surface area contributed by atoms with Gasteiger partial charge in [-0.2, -0.15) is 0 Å². The number of rotatable bonds is 9. The Labute approximate surface area is 213 Å². The van der Waals surface area contributed by atoms with Gasteiger partial charge in [-0.05, 0) is 79.5 Å². The molecule has 1 aliphatic heterocycles. The third-order valence-electron chi connectivity index (χ3n) is 7.95. The van der Waals surface area contributed by atoms with Crippen molar-refractivity contribution in [2.24, 2.45) is 0 Å². The number of pyridine rings is 1. The van der Waals surface area contributed by atoms with Crippen molar-refractivity contribution in [3.8, 4) is 0 Å². The number of fused-ring (bicyclic) bond motifs is 1. The lowest BCUT2D eigenvalue weighted by molar-refractivity contribution is 0.0468. The van der Waals surface area contributed by atoms with Gasteiger partial charge in [-0.1, -0.05) is 44.2 Å². The summed E-state index contributed by atoms with van der Waals surface area (Å²) in [5.74, 6) is 0.936. The maximum absolute atomic E-state index is 13.3. The summed E-state index contributed by atoms with van der Waals surface area (Å²) in [4.78, 5) is 18.8. The van der Waals surface area contributed by atoms with Crippen molar-refractivity contribution >= 4 is 10.9 Å². The van der Waals surface area contributed by atoms with Crippen molar-refractivity contribution in [1.29, 1.82) is 0 Å². The molecule has 0 amide bonds. The quantitative estimate of drug-likeness (QED) is 0.444. The minimum atomic E-state index is -0.0195. The zero-order chi connectivity index (χ0) is 25.1. The van der Waals surface area contributed by atoms with E-state index in [1.165, 1.54) is 24.8 Å². The number of hydrogen-bond donors (Lipinski definition) is 1. The summed E-state index contributed by atoms with van der Waals surface area (Å²) in [5, 5.41) is 14.3. The van der Waals surface area contributed by atoms with Gasteiger partial charge < -0.3 is 9.72 Å². The fourth-order valence-corrected chi connectivity index (χ4v) is 6.17. The fourth-order valence-electron chi connectivity index (χ4n) is 6.17. The molecule has 2 atom stereocenters. The Kier molecular flexibility index (Phi) is 7.82. The molecule has 194 valence electrons. The molecule has 0 bridgehead atoms. The first kappa shape index (κ1) is 25.1. The van der Waals surface area contributed by atoms with Gasteiger partial charge in [0, 0.05) is 25.3 Å². The zero-order valence-electron chi connectivity index (χ0n) is 22.0. The van der Waals surface area contributed by atoms with E-state index in [1.807, 2.05) is 0 Å². The highest BCUT2D eigenvalue weighted by molar-refractivity contribution is 5.82. The summed E-state index contributed by atoms with van der Waals surface area (Å²) in [5.41, 5.74) is 3.98. The molecule has 2 aromatic heterocycles. The lowest BCUT2D eigenvalue weighted by Crippen LogP contribution is -2.38. The molecule has 36 heavy (non-hydrogen) atoms. The van der Waals surface area contributed by atoms with Gasteiger partial charge in [0.05, 0.1) is 23.7 Å². The van der Waals surface area contributed by atoms with Crippen LogP contribution in [-0.4, -0.2) is 49.3 Å². The summed E-state index contributed by atoms with van der Waals surface area (Å²) in [7, 11) is 0. The lowest BCUT2D eigenvalue weighted by Gasteiger charge is -2.33. The first-order chi connectivity index (χ1) is 17.5. The predicted octanol–water partition coefficient (Wildman–Crippen LogP) is 5.16. The summed E-state index contributed by atoms with van der Waals surface area (Å²) >= 11 is 0. The van der Waals surface area contributed by atoms with Crippen LogP contribution in [0.3, 0.4) is 0 Å². The molecule has 2 fully saturated rings. The van der Waals surface area contributed by atoms with E-state index >= 15 is 0 Å². The molecule has 0 spiro atoms. The Bertz CT molecular complexity index is 1220. The van der Waals surface area contributed by atoms with E-state index < -0.39 is 0 Å². The van der Waals surface area contributed by atoms with E-state index in [-0.39, 0.29) is 17.7 Å². The SMILES string of the molecule is CCCC(c1nnnn1C1CCCCC1)N(Cc1cc2cc(C)cc(C)c2[nH]c1=O)CC1CCCO1. The highest BCUT2D eigenvalue weighted by Gasteiger charge is 2.32. The molecule has 2 unspecified atom stereocenters. The normalized spacial score (nSPS) is 19.9. The number of aryl methyl sites for hydroxylation is 2. The molecule has 1 saturated heterocycles. The standard InChI is InChI=1S/C28H40N6O2/c1-4-9-25(27-30-31-32-34(27)23-10-6-5-7-11-23)33(18-24-12-8-13-36-24)17-22-16-21-15-19(2)14-20(3)26(21)29-28(22)35/h14-16,23-25H,4-13,17-18H2,1-3H3,(H,29,35). The summed E-state index contributed by atoms with van der Waals surface area (Å²) in [6, 6.07) is 6.74. The van der Waals surface area contributed by atoms with Crippen LogP contribution in [-0.2, 0) is 11.3 Å².